The van der Waals surface area contributed by atoms with Gasteiger partial charge < -0.3 is 30.3 Å². The van der Waals surface area contributed by atoms with Gasteiger partial charge >= 0.3 is 12.1 Å². The molecule has 1 aliphatic carbocycles. The van der Waals surface area contributed by atoms with E-state index in [1.54, 1.807) is 0 Å². The number of likely N-dealkylation sites (N-methyl/N-ethyl adjacent to an activating group) is 1. The summed E-state index contributed by atoms with van der Waals surface area (Å²) in [6.45, 7) is 4.85. The molecule has 3 atom stereocenters. The molecule has 1 saturated carbocycles. The van der Waals surface area contributed by atoms with E-state index in [-0.39, 0.29) is 24.1 Å². The summed E-state index contributed by atoms with van der Waals surface area (Å²) in [7, 11) is 3.28. The smallest absolute Gasteiger partial charge is 0.406 e. The maximum Gasteiger partial charge on any atom is 0.406 e. The van der Waals surface area contributed by atoms with E-state index in [0.29, 0.717) is 30.6 Å². The van der Waals surface area contributed by atoms with Gasteiger partial charge in [0, 0.05) is 43.2 Å². The Balaban J connectivity index is 1.66. The van der Waals surface area contributed by atoms with Crippen LogP contribution in [-0.4, -0.2) is 70.0 Å². The van der Waals surface area contributed by atoms with Crippen LogP contribution in [0, 0.1) is 18.8 Å². The third-order valence-corrected chi connectivity index (χ3v) is 7.68. The van der Waals surface area contributed by atoms with Gasteiger partial charge in [0.25, 0.3) is 0 Å². The zero-order valence-corrected chi connectivity index (χ0v) is 22.7. The number of hydrogen-bond donors (Lipinski definition) is 3. The van der Waals surface area contributed by atoms with Crippen LogP contribution in [0.15, 0.2) is 18.2 Å². The van der Waals surface area contributed by atoms with Crippen molar-refractivity contribution < 1.29 is 19.1 Å². The van der Waals surface area contributed by atoms with Gasteiger partial charge in [0.1, 0.15) is 0 Å². The summed E-state index contributed by atoms with van der Waals surface area (Å²) in [5.74, 6) is 0.831. The summed E-state index contributed by atoms with van der Waals surface area (Å²) in [4.78, 5) is 26.7. The molecule has 8 nitrogen and oxygen atoms in total. The lowest BCUT2D eigenvalue weighted by molar-refractivity contribution is -0.00898. The molecule has 0 unspecified atom stereocenters. The molecule has 0 radical (unpaired) electrons. The van der Waals surface area contributed by atoms with Gasteiger partial charge in [-0.2, -0.15) is 0 Å². The standard InChI is InChI=1S/C27H43ClN4O4/c1-19-10-11-22(28)16-24(19)25(36-14-12-30-27(34)35-3)21-9-6-13-32(18-21)26(33)31-23(17-29-2)15-20-7-4-5-8-20/h10-11,16,20-21,23,25,29H,4-9,12-15,17-18H2,1-3H3,(H,30,34)(H,31,33)/t21-,23+,25-/m1/s1. The Labute approximate surface area is 220 Å². The highest BCUT2D eigenvalue weighted by Crippen LogP contribution is 2.36. The molecule has 1 aliphatic heterocycles. The van der Waals surface area contributed by atoms with E-state index < -0.39 is 6.09 Å². The number of amides is 3. The minimum absolute atomic E-state index is 0.00636. The third-order valence-electron chi connectivity index (χ3n) is 7.45. The number of rotatable bonds is 11. The van der Waals surface area contributed by atoms with Crippen LogP contribution in [-0.2, 0) is 9.47 Å². The Morgan fingerprint density at radius 3 is 2.69 bits per heavy atom. The number of ether oxygens (including phenoxy) is 2. The van der Waals surface area contributed by atoms with Crippen LogP contribution in [0.25, 0.3) is 0 Å². The molecule has 2 aliphatic rings. The molecule has 202 valence electrons. The molecule has 2 fully saturated rings. The number of carbonyl (C=O) groups excluding carboxylic acids is 2. The first-order chi connectivity index (χ1) is 17.4. The molecule has 3 rings (SSSR count). The number of likely N-dealkylation sites (tertiary alicyclic amines) is 1. The van der Waals surface area contributed by atoms with Crippen LogP contribution in [0.3, 0.4) is 0 Å². The van der Waals surface area contributed by atoms with E-state index in [1.807, 2.05) is 37.1 Å². The third kappa shape index (κ3) is 8.53. The Kier molecular flexibility index (Phi) is 11.6. The molecule has 1 aromatic rings. The summed E-state index contributed by atoms with van der Waals surface area (Å²) in [6, 6.07) is 5.98. The van der Waals surface area contributed by atoms with Gasteiger partial charge in [0.2, 0.25) is 0 Å². The fraction of sp³-hybridized carbons (Fsp3) is 0.704. The van der Waals surface area contributed by atoms with Gasteiger partial charge in [0.15, 0.2) is 0 Å². The number of halogens is 1. The quantitative estimate of drug-likeness (QED) is 0.368. The summed E-state index contributed by atoms with van der Waals surface area (Å²) in [5, 5.41) is 9.87. The van der Waals surface area contributed by atoms with E-state index in [0.717, 1.165) is 43.5 Å². The molecule has 0 bridgehead atoms. The Morgan fingerprint density at radius 2 is 1.97 bits per heavy atom. The van der Waals surface area contributed by atoms with Gasteiger partial charge in [0.05, 0.1) is 19.8 Å². The number of nitrogens with one attached hydrogen (secondary N) is 3. The number of piperidine rings is 1. The lowest BCUT2D eigenvalue weighted by Gasteiger charge is -2.38. The van der Waals surface area contributed by atoms with Crippen LogP contribution in [0.2, 0.25) is 5.02 Å². The van der Waals surface area contributed by atoms with Crippen molar-refractivity contribution in [2.24, 2.45) is 11.8 Å². The van der Waals surface area contributed by atoms with Crippen molar-refractivity contribution in [2.45, 2.75) is 64.0 Å². The van der Waals surface area contributed by atoms with E-state index in [2.05, 4.69) is 20.7 Å². The van der Waals surface area contributed by atoms with Crippen molar-refractivity contribution in [3.05, 3.63) is 34.3 Å². The summed E-state index contributed by atoms with van der Waals surface area (Å²) >= 11 is 6.35. The topological polar surface area (TPSA) is 91.9 Å². The number of hydrogen-bond acceptors (Lipinski definition) is 5. The number of nitrogens with zero attached hydrogens (tertiary/aromatic N) is 1. The van der Waals surface area contributed by atoms with E-state index >= 15 is 0 Å². The maximum absolute atomic E-state index is 13.3. The predicted octanol–water partition coefficient (Wildman–Crippen LogP) is 4.65. The number of alkyl carbamates (subject to hydrolysis) is 1. The van der Waals surface area contributed by atoms with Crippen molar-refractivity contribution in [2.75, 3.05) is 46.9 Å². The Bertz CT molecular complexity index is 849. The van der Waals surface area contributed by atoms with E-state index in [9.17, 15) is 9.59 Å². The second kappa shape index (κ2) is 14.6. The molecule has 1 saturated heterocycles. The molecule has 0 aromatic heterocycles. The summed E-state index contributed by atoms with van der Waals surface area (Å²) in [5.41, 5.74) is 2.12. The highest BCUT2D eigenvalue weighted by molar-refractivity contribution is 6.30. The molecular formula is C27H43ClN4O4. The van der Waals surface area contributed by atoms with Crippen LogP contribution in [0.5, 0.6) is 0 Å². The molecule has 3 N–H and O–H groups in total. The minimum Gasteiger partial charge on any atom is -0.453 e. The number of benzene rings is 1. The van der Waals surface area contributed by atoms with Crippen LogP contribution >= 0.6 is 11.6 Å². The Hall–Kier alpha value is -2.03. The average Bonchev–Trinajstić information content (AvgIpc) is 3.39. The lowest BCUT2D eigenvalue weighted by Crippen LogP contribution is -2.51. The maximum atomic E-state index is 13.3. The van der Waals surface area contributed by atoms with Crippen LogP contribution in [0.4, 0.5) is 9.59 Å². The van der Waals surface area contributed by atoms with Crippen molar-refractivity contribution in [3.63, 3.8) is 0 Å². The predicted molar refractivity (Wildman–Crippen MR) is 142 cm³/mol. The summed E-state index contributed by atoms with van der Waals surface area (Å²) < 4.78 is 11.0. The van der Waals surface area contributed by atoms with E-state index in [4.69, 9.17) is 16.3 Å². The molecule has 0 spiro atoms. The second-order valence-corrected chi connectivity index (χ2v) is 10.6. The van der Waals surface area contributed by atoms with Gasteiger partial charge in [-0.05, 0) is 62.4 Å². The monoisotopic (exact) mass is 522 g/mol. The normalized spacial score (nSPS) is 20.1. The van der Waals surface area contributed by atoms with Crippen molar-refractivity contribution in [3.8, 4) is 0 Å². The average molecular weight is 523 g/mol. The van der Waals surface area contributed by atoms with Crippen LogP contribution < -0.4 is 16.0 Å². The number of methoxy groups -OCH3 is 1. The van der Waals surface area contributed by atoms with E-state index in [1.165, 1.54) is 32.8 Å². The van der Waals surface area contributed by atoms with Crippen molar-refractivity contribution in [1.82, 2.24) is 20.9 Å². The zero-order valence-electron chi connectivity index (χ0n) is 22.0. The molecule has 3 amide bonds. The number of urea groups is 1. The van der Waals surface area contributed by atoms with Crippen LogP contribution in [0.1, 0.15) is 62.2 Å². The van der Waals surface area contributed by atoms with Gasteiger partial charge in [-0.3, -0.25) is 0 Å². The van der Waals surface area contributed by atoms with Crippen molar-refractivity contribution in [1.29, 1.82) is 0 Å². The molecular weight excluding hydrogens is 480 g/mol. The highest BCUT2D eigenvalue weighted by Gasteiger charge is 2.33. The molecule has 36 heavy (non-hydrogen) atoms. The van der Waals surface area contributed by atoms with Gasteiger partial charge in [-0.1, -0.05) is 43.4 Å². The number of carbonyl (C=O) groups is 2. The van der Waals surface area contributed by atoms with Gasteiger partial charge in [-0.15, -0.1) is 0 Å². The first-order valence-electron chi connectivity index (χ1n) is 13.3. The minimum atomic E-state index is -0.483. The lowest BCUT2D eigenvalue weighted by atomic mass is 9.86. The first kappa shape index (κ1) is 28.5. The molecule has 1 aromatic carbocycles. The second-order valence-electron chi connectivity index (χ2n) is 10.1. The van der Waals surface area contributed by atoms with Gasteiger partial charge in [-0.25, -0.2) is 9.59 Å². The summed E-state index contributed by atoms with van der Waals surface area (Å²) in [6.07, 6.45) is 7.33. The Morgan fingerprint density at radius 1 is 1.19 bits per heavy atom. The number of aryl methyl sites for hydroxylation is 1. The fourth-order valence-corrected chi connectivity index (χ4v) is 5.78. The largest absolute Gasteiger partial charge is 0.453 e. The zero-order chi connectivity index (χ0) is 25.9. The first-order valence-corrected chi connectivity index (χ1v) is 13.7. The molecule has 9 heteroatoms. The fourth-order valence-electron chi connectivity index (χ4n) is 5.60. The SMILES string of the molecule is CNC[C@H](CC1CCCC1)NC(=O)N1CCC[C@@H]([C@@H](OCCNC(=O)OC)c2cc(Cl)ccc2C)C1. The highest BCUT2D eigenvalue weighted by atomic mass is 35.5. The molecule has 1 heterocycles. The van der Waals surface area contributed by atoms with Crippen molar-refractivity contribution >= 4 is 23.7 Å².